The van der Waals surface area contributed by atoms with E-state index in [1.807, 2.05) is 30.3 Å². The largest absolute Gasteiger partial charge is 0.368 e. The average Bonchev–Trinajstić information content (AvgIpc) is 2.43. The van der Waals surface area contributed by atoms with Crippen molar-refractivity contribution in [2.24, 2.45) is 0 Å². The topological polar surface area (TPSA) is 131 Å². The number of rotatable bonds is 6. The molecule has 0 spiro atoms. The predicted octanol–water partition coefficient (Wildman–Crippen LogP) is 0.815. The molecule has 2 aromatic rings. The highest BCUT2D eigenvalue weighted by Crippen LogP contribution is 2.33. The Labute approximate surface area is 121 Å². The number of nitrogens with two attached hydrogens (primary N) is 1. The molecule has 21 heavy (non-hydrogen) atoms. The Balaban J connectivity index is 2.04. The number of anilines is 1. The number of nitrogen functional groups attached to an aromatic ring is 1. The summed E-state index contributed by atoms with van der Waals surface area (Å²) in [7, 11) is -4.15. The van der Waals surface area contributed by atoms with Crippen LogP contribution in [0.5, 0.6) is 0 Å². The lowest BCUT2D eigenvalue weighted by atomic mass is 10.2. The molecule has 4 N–H and O–H groups in total. The van der Waals surface area contributed by atoms with Gasteiger partial charge in [0.25, 0.3) is 0 Å². The number of ether oxygens (including phenoxy) is 1. The van der Waals surface area contributed by atoms with Crippen LogP contribution < -0.4 is 5.73 Å². The van der Waals surface area contributed by atoms with Crippen LogP contribution in [-0.2, 0) is 15.7 Å². The summed E-state index contributed by atoms with van der Waals surface area (Å²) in [5.41, 5.74) is 6.45. The van der Waals surface area contributed by atoms with Crippen molar-refractivity contribution in [1.29, 1.82) is 0 Å². The van der Waals surface area contributed by atoms with Gasteiger partial charge < -0.3 is 20.3 Å². The van der Waals surface area contributed by atoms with Crippen LogP contribution in [0.25, 0.3) is 11.4 Å². The normalized spacial score (nSPS) is 11.5. The minimum Gasteiger partial charge on any atom is -0.368 e. The van der Waals surface area contributed by atoms with Gasteiger partial charge in [-0.15, -0.1) is 0 Å². The first kappa shape index (κ1) is 15.5. The molecule has 0 fully saturated rings. The van der Waals surface area contributed by atoms with Crippen molar-refractivity contribution >= 4 is 13.5 Å². The van der Waals surface area contributed by atoms with Crippen LogP contribution in [0.2, 0.25) is 0 Å². The maximum Gasteiger partial charge on any atom is 0.350 e. The van der Waals surface area contributed by atoms with Gasteiger partial charge in [0.2, 0.25) is 5.95 Å². The summed E-state index contributed by atoms with van der Waals surface area (Å²) in [6.07, 6.45) is -0.342. The van der Waals surface area contributed by atoms with Gasteiger partial charge in [-0.1, -0.05) is 30.3 Å². The van der Waals surface area contributed by atoms with Crippen molar-refractivity contribution in [3.05, 3.63) is 36.2 Å². The van der Waals surface area contributed by atoms with Crippen molar-refractivity contribution in [1.82, 2.24) is 15.0 Å². The Morgan fingerprint density at radius 3 is 2.52 bits per heavy atom. The third kappa shape index (κ3) is 5.20. The average molecular weight is 310 g/mol. The molecular formula is C12H15N4O4P. The first-order chi connectivity index (χ1) is 9.94. The van der Waals surface area contributed by atoms with E-state index in [4.69, 9.17) is 20.3 Å². The van der Waals surface area contributed by atoms with E-state index < -0.39 is 13.9 Å². The molecule has 0 radical (unpaired) electrons. The molecule has 0 saturated heterocycles. The van der Waals surface area contributed by atoms with Gasteiger partial charge in [0.1, 0.15) is 12.2 Å². The molecule has 0 aliphatic rings. The number of benzene rings is 1. The molecule has 2 rings (SSSR count). The zero-order valence-electron chi connectivity index (χ0n) is 11.1. The summed E-state index contributed by atoms with van der Waals surface area (Å²) < 4.78 is 15.5. The molecule has 8 nitrogen and oxygen atoms in total. The van der Waals surface area contributed by atoms with Crippen molar-refractivity contribution < 1.29 is 19.1 Å². The zero-order chi connectivity index (χ0) is 15.3. The molecule has 0 aliphatic heterocycles. The predicted molar refractivity (Wildman–Crippen MR) is 76.2 cm³/mol. The number of nitrogens with zero attached hydrogens (tertiary/aromatic N) is 3. The standard InChI is InChI=1S/C12H15N4O4P/c13-12-15-10(6-7-20-8-21(17,18)19)14-11(16-12)9-4-2-1-3-5-9/h1-5H,6-8H2,(H2,17,18,19)(H2,13,14,15,16). The molecule has 0 amide bonds. The lowest BCUT2D eigenvalue weighted by Crippen LogP contribution is -2.08. The summed E-state index contributed by atoms with van der Waals surface area (Å²) in [4.78, 5) is 29.7. The second kappa shape index (κ2) is 6.73. The second-order valence-electron chi connectivity index (χ2n) is 4.25. The second-order valence-corrected chi connectivity index (χ2v) is 5.84. The fraction of sp³-hybridized carbons (Fsp3) is 0.250. The van der Waals surface area contributed by atoms with Gasteiger partial charge in [0.15, 0.2) is 5.82 Å². The maximum absolute atomic E-state index is 10.6. The quantitative estimate of drug-likeness (QED) is 0.527. The van der Waals surface area contributed by atoms with Crippen LogP contribution in [0.3, 0.4) is 0 Å². The molecule has 1 aromatic carbocycles. The Morgan fingerprint density at radius 1 is 1.14 bits per heavy atom. The van der Waals surface area contributed by atoms with Crippen molar-refractivity contribution in [2.45, 2.75) is 6.42 Å². The molecule has 9 heteroatoms. The Kier molecular flexibility index (Phi) is 4.98. The summed E-state index contributed by atoms with van der Waals surface area (Å²) >= 11 is 0. The van der Waals surface area contributed by atoms with Crippen molar-refractivity contribution in [2.75, 3.05) is 18.7 Å². The monoisotopic (exact) mass is 310 g/mol. The Bertz CT molecular complexity index is 647. The van der Waals surface area contributed by atoms with Crippen molar-refractivity contribution in [3.8, 4) is 11.4 Å². The highest BCUT2D eigenvalue weighted by molar-refractivity contribution is 7.51. The fourth-order valence-corrected chi connectivity index (χ4v) is 1.98. The van der Waals surface area contributed by atoms with Crippen LogP contribution in [0.15, 0.2) is 30.3 Å². The first-order valence-electron chi connectivity index (χ1n) is 6.12. The van der Waals surface area contributed by atoms with E-state index >= 15 is 0 Å². The smallest absolute Gasteiger partial charge is 0.350 e. The van der Waals surface area contributed by atoms with E-state index in [2.05, 4.69) is 15.0 Å². The van der Waals surface area contributed by atoms with Gasteiger partial charge in [-0.25, -0.2) is 4.98 Å². The molecule has 0 bridgehead atoms. The lowest BCUT2D eigenvalue weighted by molar-refractivity contribution is 0.159. The van der Waals surface area contributed by atoms with Gasteiger partial charge in [0.05, 0.1) is 6.61 Å². The van der Waals surface area contributed by atoms with Crippen LogP contribution >= 0.6 is 7.60 Å². The summed E-state index contributed by atoms with van der Waals surface area (Å²) in [6.45, 7) is 0.0861. The van der Waals surface area contributed by atoms with E-state index in [1.165, 1.54) is 0 Å². The van der Waals surface area contributed by atoms with Gasteiger partial charge in [-0.2, -0.15) is 9.97 Å². The summed E-state index contributed by atoms with van der Waals surface area (Å²) in [5.74, 6) is 0.953. The van der Waals surface area contributed by atoms with Crippen molar-refractivity contribution in [3.63, 3.8) is 0 Å². The van der Waals surface area contributed by atoms with Crippen LogP contribution in [0.4, 0.5) is 5.95 Å². The summed E-state index contributed by atoms with van der Waals surface area (Å²) in [5, 5.41) is 0. The number of hydrogen-bond acceptors (Lipinski definition) is 6. The fourth-order valence-electron chi connectivity index (χ4n) is 1.61. The molecular weight excluding hydrogens is 295 g/mol. The first-order valence-corrected chi connectivity index (χ1v) is 7.92. The highest BCUT2D eigenvalue weighted by Gasteiger charge is 2.13. The zero-order valence-corrected chi connectivity index (χ0v) is 12.0. The third-order valence-corrected chi connectivity index (χ3v) is 2.98. The SMILES string of the molecule is Nc1nc(CCOCP(=O)(O)O)nc(-c2ccccc2)n1. The third-order valence-electron chi connectivity index (χ3n) is 2.46. The van der Waals surface area contributed by atoms with E-state index in [0.29, 0.717) is 11.6 Å². The maximum atomic E-state index is 10.6. The summed E-state index contributed by atoms with van der Waals surface area (Å²) in [6, 6.07) is 9.30. The molecule has 1 aromatic heterocycles. The van der Waals surface area contributed by atoms with E-state index in [9.17, 15) is 4.57 Å². The highest BCUT2D eigenvalue weighted by atomic mass is 31.2. The minimum absolute atomic E-state index is 0.0861. The molecule has 0 atom stereocenters. The van der Waals surface area contributed by atoms with Gasteiger partial charge in [-0.05, 0) is 0 Å². The van der Waals surface area contributed by atoms with Gasteiger partial charge >= 0.3 is 7.60 Å². The van der Waals surface area contributed by atoms with Gasteiger partial charge in [0, 0.05) is 12.0 Å². The van der Waals surface area contributed by atoms with E-state index in [1.54, 1.807) is 0 Å². The van der Waals surface area contributed by atoms with Crippen LogP contribution in [0.1, 0.15) is 5.82 Å². The van der Waals surface area contributed by atoms with E-state index in [0.717, 1.165) is 5.56 Å². The van der Waals surface area contributed by atoms with Crippen LogP contribution in [-0.4, -0.2) is 37.7 Å². The molecule has 1 heterocycles. The number of hydrogen-bond donors (Lipinski definition) is 3. The minimum atomic E-state index is -4.15. The Morgan fingerprint density at radius 2 is 1.86 bits per heavy atom. The Hall–Kier alpha value is -1.86. The molecule has 0 aliphatic carbocycles. The molecule has 112 valence electrons. The van der Waals surface area contributed by atoms with E-state index in [-0.39, 0.29) is 19.0 Å². The number of aromatic nitrogens is 3. The molecule has 0 saturated carbocycles. The molecule has 0 unspecified atom stereocenters. The lowest BCUT2D eigenvalue weighted by Gasteiger charge is -2.07. The van der Waals surface area contributed by atoms with Crippen LogP contribution in [0, 0.1) is 0 Å². The van der Waals surface area contributed by atoms with Gasteiger partial charge in [-0.3, -0.25) is 4.57 Å².